The summed E-state index contributed by atoms with van der Waals surface area (Å²) in [6.45, 7) is 2.03. The molecule has 0 bridgehead atoms. The van der Waals surface area contributed by atoms with Crippen molar-refractivity contribution in [3.8, 4) is 0 Å². The van der Waals surface area contributed by atoms with Crippen molar-refractivity contribution in [3.05, 3.63) is 53.3 Å². The first-order chi connectivity index (χ1) is 6.75. The second-order valence-electron chi connectivity index (χ2n) is 3.22. The van der Waals surface area contributed by atoms with Crippen molar-refractivity contribution in [2.24, 2.45) is 0 Å². The highest BCUT2D eigenvalue weighted by atomic mass is 16.5. The van der Waals surface area contributed by atoms with Gasteiger partial charge in [0.2, 0.25) is 0 Å². The SMILES string of the molecule is Cc1ccc(/C=C2\C=COC2=O)cc1. The van der Waals surface area contributed by atoms with Crippen LogP contribution in [0.15, 0.2) is 42.2 Å². The van der Waals surface area contributed by atoms with E-state index in [4.69, 9.17) is 0 Å². The number of hydrogen-bond acceptors (Lipinski definition) is 2. The predicted molar refractivity (Wildman–Crippen MR) is 54.4 cm³/mol. The van der Waals surface area contributed by atoms with E-state index in [9.17, 15) is 4.79 Å². The molecule has 0 saturated carbocycles. The summed E-state index contributed by atoms with van der Waals surface area (Å²) in [6.07, 6.45) is 4.88. The summed E-state index contributed by atoms with van der Waals surface area (Å²) >= 11 is 0. The first-order valence-corrected chi connectivity index (χ1v) is 4.41. The van der Waals surface area contributed by atoms with Crippen LogP contribution in [0.2, 0.25) is 0 Å². The Hall–Kier alpha value is -1.83. The van der Waals surface area contributed by atoms with Gasteiger partial charge in [-0.2, -0.15) is 0 Å². The first-order valence-electron chi connectivity index (χ1n) is 4.41. The monoisotopic (exact) mass is 186 g/mol. The molecule has 0 aromatic heterocycles. The van der Waals surface area contributed by atoms with Gasteiger partial charge in [0.15, 0.2) is 0 Å². The number of ether oxygens (including phenoxy) is 1. The van der Waals surface area contributed by atoms with E-state index in [0.717, 1.165) is 5.56 Å². The number of hydrogen-bond donors (Lipinski definition) is 0. The molecule has 0 N–H and O–H groups in total. The van der Waals surface area contributed by atoms with Gasteiger partial charge in [-0.1, -0.05) is 29.8 Å². The van der Waals surface area contributed by atoms with Gasteiger partial charge in [0.05, 0.1) is 11.8 Å². The highest BCUT2D eigenvalue weighted by Crippen LogP contribution is 2.14. The quantitative estimate of drug-likeness (QED) is 0.497. The first kappa shape index (κ1) is 8.75. The molecule has 1 aliphatic heterocycles. The Balaban J connectivity index is 2.29. The Bertz CT molecular complexity index is 410. The van der Waals surface area contributed by atoms with Crippen LogP contribution in [0.3, 0.4) is 0 Å². The molecule has 2 heteroatoms. The van der Waals surface area contributed by atoms with Crippen LogP contribution >= 0.6 is 0 Å². The van der Waals surface area contributed by atoms with Crippen LogP contribution in [-0.4, -0.2) is 5.97 Å². The fourth-order valence-electron chi connectivity index (χ4n) is 1.25. The Morgan fingerprint density at radius 3 is 2.50 bits per heavy atom. The van der Waals surface area contributed by atoms with Crippen LogP contribution in [0.1, 0.15) is 11.1 Å². The summed E-state index contributed by atoms with van der Waals surface area (Å²) in [5.74, 6) is -0.287. The van der Waals surface area contributed by atoms with E-state index in [1.54, 1.807) is 6.08 Å². The lowest BCUT2D eigenvalue weighted by atomic mass is 10.1. The highest BCUT2D eigenvalue weighted by Gasteiger charge is 2.12. The van der Waals surface area contributed by atoms with E-state index in [0.29, 0.717) is 5.57 Å². The molecule has 0 atom stereocenters. The van der Waals surface area contributed by atoms with Gasteiger partial charge in [0, 0.05) is 0 Å². The molecule has 1 aromatic rings. The minimum atomic E-state index is -0.287. The van der Waals surface area contributed by atoms with Crippen LogP contribution in [0.4, 0.5) is 0 Å². The molecule has 0 radical (unpaired) electrons. The third kappa shape index (κ3) is 1.74. The maximum absolute atomic E-state index is 11.1. The van der Waals surface area contributed by atoms with Crippen molar-refractivity contribution in [2.45, 2.75) is 6.92 Å². The molecular formula is C12H10O2. The fraction of sp³-hybridized carbons (Fsp3) is 0.0833. The van der Waals surface area contributed by atoms with E-state index in [2.05, 4.69) is 4.74 Å². The zero-order valence-electron chi connectivity index (χ0n) is 7.86. The summed E-state index contributed by atoms with van der Waals surface area (Å²) in [6, 6.07) is 7.97. The molecule has 1 aliphatic rings. The maximum atomic E-state index is 11.1. The number of aryl methyl sites for hydroxylation is 1. The van der Waals surface area contributed by atoms with Crippen LogP contribution in [0.25, 0.3) is 6.08 Å². The van der Waals surface area contributed by atoms with Gasteiger partial charge in [-0.05, 0) is 24.6 Å². The fourth-order valence-corrected chi connectivity index (χ4v) is 1.25. The third-order valence-corrected chi connectivity index (χ3v) is 2.06. The summed E-state index contributed by atoms with van der Waals surface area (Å²) in [5, 5.41) is 0. The van der Waals surface area contributed by atoms with Gasteiger partial charge >= 0.3 is 5.97 Å². The molecule has 2 rings (SSSR count). The van der Waals surface area contributed by atoms with Gasteiger partial charge in [0.1, 0.15) is 0 Å². The zero-order valence-corrected chi connectivity index (χ0v) is 7.86. The summed E-state index contributed by atoms with van der Waals surface area (Å²) in [5.41, 5.74) is 2.81. The van der Waals surface area contributed by atoms with Crippen LogP contribution in [-0.2, 0) is 9.53 Å². The van der Waals surface area contributed by atoms with Gasteiger partial charge in [-0.25, -0.2) is 4.79 Å². The minimum absolute atomic E-state index is 0.287. The standard InChI is InChI=1S/C12H10O2/c1-9-2-4-10(5-3-9)8-11-6-7-14-12(11)13/h2-8H,1H3/b11-8+. The molecule has 1 heterocycles. The smallest absolute Gasteiger partial charge is 0.343 e. The van der Waals surface area contributed by atoms with Gasteiger partial charge < -0.3 is 4.74 Å². The van der Waals surface area contributed by atoms with E-state index in [1.807, 2.05) is 37.3 Å². The summed E-state index contributed by atoms with van der Waals surface area (Å²) < 4.78 is 4.67. The lowest BCUT2D eigenvalue weighted by molar-refractivity contribution is -0.131. The van der Waals surface area contributed by atoms with Gasteiger partial charge in [0.25, 0.3) is 0 Å². The third-order valence-electron chi connectivity index (χ3n) is 2.06. The summed E-state index contributed by atoms with van der Waals surface area (Å²) in [7, 11) is 0. The molecule has 2 nitrogen and oxygen atoms in total. The molecule has 0 amide bonds. The van der Waals surface area contributed by atoms with Crippen LogP contribution in [0, 0.1) is 6.92 Å². The average Bonchev–Trinajstić information content (AvgIpc) is 2.56. The number of cyclic esters (lactones) is 1. The second kappa shape index (κ2) is 3.50. The highest BCUT2D eigenvalue weighted by molar-refractivity contribution is 5.98. The van der Waals surface area contributed by atoms with Crippen molar-refractivity contribution in [3.63, 3.8) is 0 Å². The zero-order chi connectivity index (χ0) is 9.97. The molecular weight excluding hydrogens is 176 g/mol. The Morgan fingerprint density at radius 2 is 1.93 bits per heavy atom. The molecule has 0 spiro atoms. The van der Waals surface area contributed by atoms with Gasteiger partial charge in [-0.15, -0.1) is 0 Å². The normalized spacial score (nSPS) is 17.5. The van der Waals surface area contributed by atoms with Crippen molar-refractivity contribution < 1.29 is 9.53 Å². The Kier molecular flexibility index (Phi) is 2.19. The van der Waals surface area contributed by atoms with Crippen molar-refractivity contribution in [1.29, 1.82) is 0 Å². The lowest BCUT2D eigenvalue weighted by Gasteiger charge is -1.95. The van der Waals surface area contributed by atoms with E-state index >= 15 is 0 Å². The Morgan fingerprint density at radius 1 is 1.21 bits per heavy atom. The average molecular weight is 186 g/mol. The van der Waals surface area contributed by atoms with Gasteiger partial charge in [-0.3, -0.25) is 0 Å². The molecule has 70 valence electrons. The summed E-state index contributed by atoms with van der Waals surface area (Å²) in [4.78, 5) is 11.1. The van der Waals surface area contributed by atoms with Crippen molar-refractivity contribution >= 4 is 12.0 Å². The Labute approximate surface area is 82.5 Å². The number of carbonyl (C=O) groups is 1. The number of benzene rings is 1. The minimum Gasteiger partial charge on any atom is -0.431 e. The second-order valence-corrected chi connectivity index (χ2v) is 3.22. The molecule has 14 heavy (non-hydrogen) atoms. The molecule has 0 aliphatic carbocycles. The molecule has 0 unspecified atom stereocenters. The van der Waals surface area contributed by atoms with Crippen LogP contribution in [0.5, 0.6) is 0 Å². The topological polar surface area (TPSA) is 26.3 Å². The molecule has 0 saturated heterocycles. The molecule has 0 fully saturated rings. The number of rotatable bonds is 1. The predicted octanol–water partition coefficient (Wildman–Crippen LogP) is 2.45. The largest absolute Gasteiger partial charge is 0.431 e. The number of esters is 1. The van der Waals surface area contributed by atoms with Crippen molar-refractivity contribution in [1.82, 2.24) is 0 Å². The van der Waals surface area contributed by atoms with Crippen molar-refractivity contribution in [2.75, 3.05) is 0 Å². The molecule has 1 aromatic carbocycles. The maximum Gasteiger partial charge on any atom is 0.343 e. The van der Waals surface area contributed by atoms with E-state index in [-0.39, 0.29) is 5.97 Å². The van der Waals surface area contributed by atoms with Crippen LogP contribution < -0.4 is 0 Å². The lowest BCUT2D eigenvalue weighted by Crippen LogP contribution is -1.94. The van der Waals surface area contributed by atoms with E-state index in [1.165, 1.54) is 11.8 Å². The van der Waals surface area contributed by atoms with E-state index < -0.39 is 0 Å². The number of carbonyl (C=O) groups excluding carboxylic acids is 1.